The first-order valence-corrected chi connectivity index (χ1v) is 7.40. The van der Waals surface area contributed by atoms with Gasteiger partial charge in [-0.3, -0.25) is 4.98 Å². The predicted octanol–water partition coefficient (Wildman–Crippen LogP) is 4.13. The maximum absolute atomic E-state index is 4.16. The van der Waals surface area contributed by atoms with Gasteiger partial charge in [0.2, 0.25) is 0 Å². The van der Waals surface area contributed by atoms with Gasteiger partial charge in [-0.05, 0) is 52.0 Å². The zero-order valence-electron chi connectivity index (χ0n) is 11.1. The number of benzene rings is 1. The molecular weight excluding hydrogens is 300 g/mol. The van der Waals surface area contributed by atoms with E-state index in [1.165, 1.54) is 11.1 Å². The fraction of sp³-hybridized carbons (Fsp3) is 0.312. The van der Waals surface area contributed by atoms with E-state index in [2.05, 4.69) is 69.6 Å². The second kappa shape index (κ2) is 7.41. The quantitative estimate of drug-likeness (QED) is 0.810. The van der Waals surface area contributed by atoms with Gasteiger partial charge in [0.1, 0.15) is 0 Å². The monoisotopic (exact) mass is 318 g/mol. The Kier molecular flexibility index (Phi) is 5.55. The van der Waals surface area contributed by atoms with Crippen LogP contribution >= 0.6 is 15.9 Å². The van der Waals surface area contributed by atoms with Crippen molar-refractivity contribution >= 4 is 15.9 Å². The van der Waals surface area contributed by atoms with Crippen LogP contribution in [0.25, 0.3) is 0 Å². The van der Waals surface area contributed by atoms with Gasteiger partial charge in [-0.15, -0.1) is 0 Å². The number of nitrogens with one attached hydrogen (secondary N) is 1. The highest BCUT2D eigenvalue weighted by atomic mass is 79.9. The molecule has 0 amide bonds. The number of halogens is 1. The summed E-state index contributed by atoms with van der Waals surface area (Å²) in [6.07, 6.45) is 4.85. The molecule has 2 aromatic rings. The smallest absolute Gasteiger partial charge is 0.0410 e. The number of hydrogen-bond acceptors (Lipinski definition) is 2. The summed E-state index contributed by atoms with van der Waals surface area (Å²) >= 11 is 3.43. The molecule has 0 saturated heterocycles. The molecule has 100 valence electrons. The van der Waals surface area contributed by atoms with Crippen LogP contribution in [0.5, 0.6) is 0 Å². The number of aromatic nitrogens is 1. The van der Waals surface area contributed by atoms with Gasteiger partial charge in [-0.1, -0.05) is 37.3 Å². The Hall–Kier alpha value is -1.19. The molecule has 3 heteroatoms. The van der Waals surface area contributed by atoms with Crippen LogP contribution in [0.15, 0.2) is 53.3 Å². The van der Waals surface area contributed by atoms with Crippen LogP contribution in [-0.2, 0) is 6.54 Å². The lowest BCUT2D eigenvalue weighted by atomic mass is 9.98. The molecule has 1 N–H and O–H groups in total. The van der Waals surface area contributed by atoms with Crippen molar-refractivity contribution in [3.8, 4) is 0 Å². The lowest BCUT2D eigenvalue weighted by Crippen LogP contribution is -2.16. The minimum atomic E-state index is 0.592. The van der Waals surface area contributed by atoms with Crippen molar-refractivity contribution in [3.63, 3.8) is 0 Å². The minimum Gasteiger partial charge on any atom is -0.313 e. The van der Waals surface area contributed by atoms with Crippen LogP contribution in [-0.4, -0.2) is 11.5 Å². The van der Waals surface area contributed by atoms with E-state index in [1.807, 2.05) is 6.20 Å². The highest BCUT2D eigenvalue weighted by Crippen LogP contribution is 2.17. The van der Waals surface area contributed by atoms with E-state index in [1.54, 1.807) is 6.20 Å². The van der Waals surface area contributed by atoms with Crippen molar-refractivity contribution in [1.82, 2.24) is 10.3 Å². The van der Waals surface area contributed by atoms with E-state index >= 15 is 0 Å². The zero-order chi connectivity index (χ0) is 13.5. The second-order valence-corrected chi connectivity index (χ2v) is 5.70. The molecule has 1 heterocycles. The lowest BCUT2D eigenvalue weighted by molar-refractivity contribution is 0.593. The van der Waals surface area contributed by atoms with Crippen molar-refractivity contribution in [2.24, 2.45) is 0 Å². The molecule has 1 unspecified atom stereocenters. The molecule has 1 aromatic carbocycles. The maximum atomic E-state index is 4.16. The average Bonchev–Trinajstić information content (AvgIpc) is 2.44. The van der Waals surface area contributed by atoms with Gasteiger partial charge < -0.3 is 5.32 Å². The van der Waals surface area contributed by atoms with Crippen LogP contribution < -0.4 is 5.32 Å². The van der Waals surface area contributed by atoms with Gasteiger partial charge in [-0.2, -0.15) is 0 Å². The number of hydrogen-bond donors (Lipinski definition) is 1. The van der Waals surface area contributed by atoms with E-state index in [4.69, 9.17) is 0 Å². The largest absolute Gasteiger partial charge is 0.313 e. The molecule has 1 atom stereocenters. The Bertz CT molecular complexity index is 499. The predicted molar refractivity (Wildman–Crippen MR) is 83.1 cm³/mol. The highest BCUT2D eigenvalue weighted by molar-refractivity contribution is 9.10. The van der Waals surface area contributed by atoms with Crippen LogP contribution in [0.1, 0.15) is 30.4 Å². The third-order valence-electron chi connectivity index (χ3n) is 3.21. The maximum Gasteiger partial charge on any atom is 0.0410 e. The molecule has 0 aliphatic rings. The fourth-order valence-corrected chi connectivity index (χ4v) is 2.46. The molecule has 0 fully saturated rings. The van der Waals surface area contributed by atoms with Gasteiger partial charge >= 0.3 is 0 Å². The summed E-state index contributed by atoms with van der Waals surface area (Å²) in [5, 5.41) is 3.47. The van der Waals surface area contributed by atoms with Crippen LogP contribution in [0, 0.1) is 0 Å². The minimum absolute atomic E-state index is 0.592. The highest BCUT2D eigenvalue weighted by Gasteiger charge is 2.04. The molecule has 2 rings (SSSR count). The molecule has 0 aliphatic heterocycles. The summed E-state index contributed by atoms with van der Waals surface area (Å²) < 4.78 is 1.03. The van der Waals surface area contributed by atoms with Crippen LogP contribution in [0.3, 0.4) is 0 Å². The first kappa shape index (κ1) is 14.2. The van der Waals surface area contributed by atoms with Crippen molar-refractivity contribution in [2.75, 3.05) is 6.54 Å². The van der Waals surface area contributed by atoms with Gasteiger partial charge in [0.15, 0.2) is 0 Å². The summed E-state index contributed by atoms with van der Waals surface area (Å²) in [4.78, 5) is 4.16. The van der Waals surface area contributed by atoms with Crippen molar-refractivity contribution in [2.45, 2.75) is 25.8 Å². The van der Waals surface area contributed by atoms with Crippen molar-refractivity contribution in [3.05, 3.63) is 64.4 Å². The topological polar surface area (TPSA) is 24.9 Å². The number of pyridine rings is 1. The van der Waals surface area contributed by atoms with Crippen LogP contribution in [0.2, 0.25) is 0 Å². The zero-order valence-corrected chi connectivity index (χ0v) is 12.7. The van der Waals surface area contributed by atoms with Gasteiger partial charge in [0, 0.05) is 23.4 Å². The Morgan fingerprint density at radius 1 is 1.21 bits per heavy atom. The standard InChI is InChI=1S/C16H19BrN2/c1-13(15-5-3-2-4-6-15)7-8-18-10-14-9-16(17)12-19-11-14/h2-6,9,11-13,18H,7-8,10H2,1H3. The summed E-state index contributed by atoms with van der Waals surface area (Å²) in [6.45, 7) is 4.16. The van der Waals surface area contributed by atoms with Crippen molar-refractivity contribution < 1.29 is 0 Å². The average molecular weight is 319 g/mol. The molecule has 0 bridgehead atoms. The van der Waals surface area contributed by atoms with Gasteiger partial charge in [0.05, 0.1) is 0 Å². The summed E-state index contributed by atoms with van der Waals surface area (Å²) in [5.41, 5.74) is 2.62. The summed E-state index contributed by atoms with van der Waals surface area (Å²) in [7, 11) is 0. The normalized spacial score (nSPS) is 12.3. The lowest BCUT2D eigenvalue weighted by Gasteiger charge is -2.12. The van der Waals surface area contributed by atoms with E-state index in [-0.39, 0.29) is 0 Å². The molecule has 19 heavy (non-hydrogen) atoms. The Balaban J connectivity index is 1.72. The first-order valence-electron chi connectivity index (χ1n) is 6.61. The van der Waals surface area contributed by atoms with Crippen LogP contribution in [0.4, 0.5) is 0 Å². The number of nitrogens with zero attached hydrogens (tertiary/aromatic N) is 1. The summed E-state index contributed by atoms with van der Waals surface area (Å²) in [5.74, 6) is 0.592. The molecule has 2 nitrogen and oxygen atoms in total. The molecule has 0 radical (unpaired) electrons. The Morgan fingerprint density at radius 3 is 2.74 bits per heavy atom. The Labute approximate surface area is 123 Å². The van der Waals surface area contributed by atoms with E-state index in [0.29, 0.717) is 5.92 Å². The Morgan fingerprint density at radius 2 is 2.00 bits per heavy atom. The molecule has 0 aliphatic carbocycles. The first-order chi connectivity index (χ1) is 9.25. The van der Waals surface area contributed by atoms with Gasteiger partial charge in [-0.25, -0.2) is 0 Å². The second-order valence-electron chi connectivity index (χ2n) is 4.79. The summed E-state index contributed by atoms with van der Waals surface area (Å²) in [6, 6.07) is 12.8. The SMILES string of the molecule is CC(CCNCc1cncc(Br)c1)c1ccccc1. The van der Waals surface area contributed by atoms with Gasteiger partial charge in [0.25, 0.3) is 0 Å². The molecular formula is C16H19BrN2. The van der Waals surface area contributed by atoms with E-state index < -0.39 is 0 Å². The molecule has 0 saturated carbocycles. The molecule has 1 aromatic heterocycles. The molecule has 0 spiro atoms. The fourth-order valence-electron chi connectivity index (χ4n) is 2.05. The van der Waals surface area contributed by atoms with Crippen molar-refractivity contribution in [1.29, 1.82) is 0 Å². The van der Waals surface area contributed by atoms with E-state index in [9.17, 15) is 0 Å². The third-order valence-corrected chi connectivity index (χ3v) is 3.65. The third kappa shape index (κ3) is 4.77. The van der Waals surface area contributed by atoms with E-state index in [0.717, 1.165) is 24.0 Å². The number of rotatable bonds is 6.